The van der Waals surface area contributed by atoms with Crippen LogP contribution < -0.4 is 5.32 Å². The van der Waals surface area contributed by atoms with Crippen molar-refractivity contribution in [2.24, 2.45) is 0 Å². The Bertz CT molecular complexity index is 384. The third kappa shape index (κ3) is 1.44. The van der Waals surface area contributed by atoms with Crippen LogP contribution in [0.5, 0.6) is 0 Å². The van der Waals surface area contributed by atoms with Gasteiger partial charge in [0, 0.05) is 25.8 Å². The molecule has 16 heavy (non-hydrogen) atoms. The van der Waals surface area contributed by atoms with E-state index in [0.29, 0.717) is 6.04 Å². The maximum atomic E-state index is 4.52. The second kappa shape index (κ2) is 3.77. The highest BCUT2D eigenvalue weighted by Crippen LogP contribution is 2.37. The predicted molar refractivity (Wildman–Crippen MR) is 64.8 cm³/mol. The highest BCUT2D eigenvalue weighted by atomic mass is 15.3. The van der Waals surface area contributed by atoms with Gasteiger partial charge in [0.15, 0.2) is 0 Å². The molecule has 1 aromatic rings. The molecule has 0 saturated carbocycles. The van der Waals surface area contributed by atoms with Crippen LogP contribution in [-0.2, 0) is 0 Å². The van der Waals surface area contributed by atoms with Gasteiger partial charge in [0.05, 0.1) is 11.7 Å². The Hall–Kier alpha value is -1.03. The fraction of sp³-hybridized carbons (Fsp3) is 0.750. The third-order valence-electron chi connectivity index (χ3n) is 4.00. The lowest BCUT2D eigenvalue weighted by Crippen LogP contribution is -2.27. The topological polar surface area (TPSA) is 33.1 Å². The first-order valence-electron chi connectivity index (χ1n) is 6.27. The Balaban J connectivity index is 1.91. The maximum absolute atomic E-state index is 4.52. The molecule has 0 spiro atoms. The van der Waals surface area contributed by atoms with Crippen LogP contribution in [0.1, 0.15) is 31.0 Å². The Kier molecular flexibility index (Phi) is 2.39. The van der Waals surface area contributed by atoms with Crippen molar-refractivity contribution in [1.82, 2.24) is 14.5 Å². The molecule has 2 unspecified atom stereocenters. The van der Waals surface area contributed by atoms with E-state index in [0.717, 1.165) is 17.7 Å². The van der Waals surface area contributed by atoms with E-state index in [1.54, 1.807) is 0 Å². The maximum Gasteiger partial charge on any atom is 0.203 e. The number of nitrogens with zero attached hydrogens (tertiary/aromatic N) is 3. The molecule has 4 heteroatoms. The molecule has 2 aliphatic heterocycles. The van der Waals surface area contributed by atoms with Crippen molar-refractivity contribution in [3.8, 4) is 0 Å². The molecule has 88 valence electrons. The number of fused-ring (bicyclic) bond motifs is 1. The molecule has 2 aliphatic rings. The average molecular weight is 220 g/mol. The summed E-state index contributed by atoms with van der Waals surface area (Å²) in [5.74, 6) is 1.02. The number of rotatable bonds is 2. The van der Waals surface area contributed by atoms with E-state index in [1.807, 2.05) is 7.05 Å². The minimum atomic E-state index is 0.631. The van der Waals surface area contributed by atoms with Gasteiger partial charge < -0.3 is 9.88 Å². The quantitative estimate of drug-likeness (QED) is 0.822. The Morgan fingerprint density at radius 1 is 1.31 bits per heavy atom. The Labute approximate surface area is 96.7 Å². The molecular formula is C12H20N4. The van der Waals surface area contributed by atoms with E-state index in [4.69, 9.17) is 0 Å². The normalized spacial score (nSPS) is 29.6. The molecule has 2 atom stereocenters. The molecule has 0 bridgehead atoms. The predicted octanol–water partition coefficient (Wildman–Crippen LogP) is 1.64. The number of hydrogen-bond donors (Lipinski definition) is 1. The summed E-state index contributed by atoms with van der Waals surface area (Å²) >= 11 is 0. The number of aromatic nitrogens is 2. The fourth-order valence-electron chi connectivity index (χ4n) is 3.33. The zero-order valence-corrected chi connectivity index (χ0v) is 10.1. The van der Waals surface area contributed by atoms with Gasteiger partial charge in [0.25, 0.3) is 0 Å². The third-order valence-corrected chi connectivity index (χ3v) is 4.00. The molecule has 0 aliphatic carbocycles. The smallest absolute Gasteiger partial charge is 0.203 e. The molecule has 0 aromatic carbocycles. The van der Waals surface area contributed by atoms with Crippen LogP contribution >= 0.6 is 0 Å². The highest BCUT2D eigenvalue weighted by Gasteiger charge is 2.38. The van der Waals surface area contributed by atoms with E-state index in [1.165, 1.54) is 32.4 Å². The zero-order chi connectivity index (χ0) is 11.1. The Morgan fingerprint density at radius 2 is 2.19 bits per heavy atom. The van der Waals surface area contributed by atoms with Crippen molar-refractivity contribution < 1.29 is 0 Å². The van der Waals surface area contributed by atoms with E-state index in [2.05, 4.69) is 32.9 Å². The summed E-state index contributed by atoms with van der Waals surface area (Å²) in [4.78, 5) is 7.16. The average Bonchev–Trinajstić information content (AvgIpc) is 2.90. The number of aryl methyl sites for hydroxylation is 1. The SMILES string of the molecule is CNc1nc(C)cn1C1CCN2CCCC12. The van der Waals surface area contributed by atoms with E-state index < -0.39 is 0 Å². The molecule has 3 heterocycles. The number of anilines is 1. The van der Waals surface area contributed by atoms with E-state index >= 15 is 0 Å². The summed E-state index contributed by atoms with van der Waals surface area (Å²) < 4.78 is 2.35. The van der Waals surface area contributed by atoms with Crippen LogP contribution in [0, 0.1) is 6.92 Å². The minimum absolute atomic E-state index is 0.631. The molecule has 0 radical (unpaired) electrons. The fourth-order valence-corrected chi connectivity index (χ4v) is 3.33. The largest absolute Gasteiger partial charge is 0.359 e. The number of imidazole rings is 1. The summed E-state index contributed by atoms with van der Waals surface area (Å²) in [6.45, 7) is 4.62. The monoisotopic (exact) mass is 220 g/mol. The highest BCUT2D eigenvalue weighted by molar-refractivity contribution is 5.29. The van der Waals surface area contributed by atoms with Gasteiger partial charge in [0.1, 0.15) is 0 Å². The van der Waals surface area contributed by atoms with Crippen molar-refractivity contribution >= 4 is 5.95 Å². The summed E-state index contributed by atoms with van der Waals surface area (Å²) in [5, 5.41) is 3.21. The summed E-state index contributed by atoms with van der Waals surface area (Å²) in [5.41, 5.74) is 1.11. The Morgan fingerprint density at radius 3 is 3.00 bits per heavy atom. The second-order valence-corrected chi connectivity index (χ2v) is 4.96. The molecular weight excluding hydrogens is 200 g/mol. The van der Waals surface area contributed by atoms with Crippen molar-refractivity contribution in [1.29, 1.82) is 0 Å². The summed E-state index contributed by atoms with van der Waals surface area (Å²) in [7, 11) is 1.96. The van der Waals surface area contributed by atoms with Gasteiger partial charge in [-0.05, 0) is 32.7 Å². The van der Waals surface area contributed by atoms with Crippen LogP contribution in [-0.4, -0.2) is 40.6 Å². The van der Waals surface area contributed by atoms with Crippen LogP contribution in [0.3, 0.4) is 0 Å². The molecule has 2 saturated heterocycles. The minimum Gasteiger partial charge on any atom is -0.359 e. The van der Waals surface area contributed by atoms with Gasteiger partial charge in [0.2, 0.25) is 5.95 Å². The standard InChI is InChI=1S/C12H20N4/c1-9-8-16(12(13-2)14-9)11-5-7-15-6-3-4-10(11)15/h8,10-11H,3-7H2,1-2H3,(H,13,14). The van der Waals surface area contributed by atoms with E-state index in [9.17, 15) is 0 Å². The molecule has 2 fully saturated rings. The lowest BCUT2D eigenvalue weighted by Gasteiger charge is -2.22. The summed E-state index contributed by atoms with van der Waals surface area (Å²) in [6.07, 6.45) is 6.18. The molecule has 1 aromatic heterocycles. The molecule has 4 nitrogen and oxygen atoms in total. The first-order chi connectivity index (χ1) is 7.79. The van der Waals surface area contributed by atoms with Crippen LogP contribution in [0.15, 0.2) is 6.20 Å². The number of nitrogens with one attached hydrogen (secondary N) is 1. The first kappa shape index (κ1) is 10.1. The van der Waals surface area contributed by atoms with Gasteiger partial charge in [-0.2, -0.15) is 0 Å². The lowest BCUT2D eigenvalue weighted by atomic mass is 10.1. The molecule has 1 N–H and O–H groups in total. The molecule has 0 amide bonds. The number of hydrogen-bond acceptors (Lipinski definition) is 3. The zero-order valence-electron chi connectivity index (χ0n) is 10.1. The van der Waals surface area contributed by atoms with Gasteiger partial charge in [-0.3, -0.25) is 4.90 Å². The van der Waals surface area contributed by atoms with Gasteiger partial charge >= 0.3 is 0 Å². The molecule has 3 rings (SSSR count). The van der Waals surface area contributed by atoms with Crippen molar-refractivity contribution in [2.45, 2.75) is 38.3 Å². The van der Waals surface area contributed by atoms with Crippen LogP contribution in [0.2, 0.25) is 0 Å². The lowest BCUT2D eigenvalue weighted by molar-refractivity contribution is 0.291. The first-order valence-corrected chi connectivity index (χ1v) is 6.27. The van der Waals surface area contributed by atoms with Crippen molar-refractivity contribution in [3.05, 3.63) is 11.9 Å². The van der Waals surface area contributed by atoms with Crippen molar-refractivity contribution in [2.75, 3.05) is 25.5 Å². The van der Waals surface area contributed by atoms with Crippen LogP contribution in [0.4, 0.5) is 5.95 Å². The van der Waals surface area contributed by atoms with Crippen molar-refractivity contribution in [3.63, 3.8) is 0 Å². The van der Waals surface area contributed by atoms with Crippen LogP contribution in [0.25, 0.3) is 0 Å². The van der Waals surface area contributed by atoms with Gasteiger partial charge in [-0.15, -0.1) is 0 Å². The van der Waals surface area contributed by atoms with Gasteiger partial charge in [-0.1, -0.05) is 0 Å². The van der Waals surface area contributed by atoms with E-state index in [-0.39, 0.29) is 0 Å². The second-order valence-electron chi connectivity index (χ2n) is 4.96. The van der Waals surface area contributed by atoms with Gasteiger partial charge in [-0.25, -0.2) is 4.98 Å². The summed E-state index contributed by atoms with van der Waals surface area (Å²) in [6, 6.07) is 1.38.